The highest BCUT2D eigenvalue weighted by Crippen LogP contribution is 2.17. The lowest BCUT2D eigenvalue weighted by Gasteiger charge is -2.04. The zero-order valence-electron chi connectivity index (χ0n) is 10.6. The summed E-state index contributed by atoms with van der Waals surface area (Å²) in [5.74, 6) is -1.31. The number of hydrogen-bond acceptors (Lipinski definition) is 3. The molecule has 0 spiro atoms. The van der Waals surface area contributed by atoms with Crippen LogP contribution in [0, 0.1) is 6.92 Å². The minimum Gasteiger partial charge on any atom is -0.480 e. The van der Waals surface area contributed by atoms with Crippen molar-refractivity contribution in [2.45, 2.75) is 13.5 Å². The number of carboxylic acid groups (broad SMARTS) is 1. The van der Waals surface area contributed by atoms with E-state index in [1.54, 1.807) is 18.2 Å². The minimum absolute atomic E-state index is 0.254. The normalized spacial score (nSPS) is 10.3. The van der Waals surface area contributed by atoms with Crippen molar-refractivity contribution in [1.29, 1.82) is 0 Å². The van der Waals surface area contributed by atoms with Crippen LogP contribution in [-0.2, 0) is 11.3 Å². The molecular weight excluding hydrogens is 282 g/mol. The molecule has 2 rings (SSSR count). The second kappa shape index (κ2) is 5.75. The Balaban J connectivity index is 2.09. The van der Waals surface area contributed by atoms with Crippen molar-refractivity contribution in [3.63, 3.8) is 0 Å². The molecular formula is C13H12ClN3O3. The largest absolute Gasteiger partial charge is 0.480 e. The fourth-order valence-electron chi connectivity index (χ4n) is 1.64. The first-order valence-electron chi connectivity index (χ1n) is 5.77. The molecule has 0 radical (unpaired) electrons. The number of halogens is 1. The summed E-state index contributed by atoms with van der Waals surface area (Å²) in [6.07, 6.45) is 2.85. The van der Waals surface area contributed by atoms with E-state index >= 15 is 0 Å². The van der Waals surface area contributed by atoms with Crippen molar-refractivity contribution in [2.75, 3.05) is 5.32 Å². The van der Waals surface area contributed by atoms with Gasteiger partial charge in [0.05, 0.1) is 11.9 Å². The van der Waals surface area contributed by atoms with Gasteiger partial charge in [-0.3, -0.25) is 14.3 Å². The second-order valence-corrected chi connectivity index (χ2v) is 4.65. The molecule has 7 heteroatoms. The number of carbonyl (C=O) groups is 2. The minimum atomic E-state index is -1.00. The van der Waals surface area contributed by atoms with E-state index in [0.717, 1.165) is 5.56 Å². The standard InChI is InChI=1S/C13H12ClN3O3/c1-8-4-9(2-3-11(8)14)13(20)16-10-5-15-17(6-10)7-12(18)19/h2-6H,7H2,1H3,(H,16,20)(H,18,19). The lowest BCUT2D eigenvalue weighted by atomic mass is 10.1. The van der Waals surface area contributed by atoms with Gasteiger partial charge in [0, 0.05) is 16.8 Å². The van der Waals surface area contributed by atoms with Gasteiger partial charge in [0.15, 0.2) is 0 Å². The summed E-state index contributed by atoms with van der Waals surface area (Å²) in [5.41, 5.74) is 1.71. The van der Waals surface area contributed by atoms with Gasteiger partial charge in [-0.1, -0.05) is 11.6 Å². The van der Waals surface area contributed by atoms with Crippen molar-refractivity contribution >= 4 is 29.2 Å². The predicted molar refractivity (Wildman–Crippen MR) is 74.0 cm³/mol. The zero-order chi connectivity index (χ0) is 14.7. The monoisotopic (exact) mass is 293 g/mol. The van der Waals surface area contributed by atoms with Crippen LogP contribution in [-0.4, -0.2) is 26.8 Å². The lowest BCUT2D eigenvalue weighted by Crippen LogP contribution is -2.12. The third-order valence-corrected chi connectivity index (χ3v) is 3.03. The maximum absolute atomic E-state index is 12.0. The van der Waals surface area contributed by atoms with Crippen LogP contribution in [0.2, 0.25) is 5.02 Å². The fourth-order valence-corrected chi connectivity index (χ4v) is 1.76. The van der Waals surface area contributed by atoms with Crippen molar-refractivity contribution in [3.8, 4) is 0 Å². The summed E-state index contributed by atoms with van der Waals surface area (Å²) < 4.78 is 1.23. The smallest absolute Gasteiger partial charge is 0.325 e. The van der Waals surface area contributed by atoms with E-state index in [0.29, 0.717) is 16.3 Å². The van der Waals surface area contributed by atoms with Gasteiger partial charge in [-0.15, -0.1) is 0 Å². The molecule has 0 atom stereocenters. The number of rotatable bonds is 4. The van der Waals surface area contributed by atoms with E-state index in [4.69, 9.17) is 16.7 Å². The predicted octanol–water partition coefficient (Wildman–Crippen LogP) is 2.18. The highest BCUT2D eigenvalue weighted by molar-refractivity contribution is 6.31. The molecule has 0 aliphatic heterocycles. The highest BCUT2D eigenvalue weighted by atomic mass is 35.5. The van der Waals surface area contributed by atoms with Crippen LogP contribution in [0.5, 0.6) is 0 Å². The summed E-state index contributed by atoms with van der Waals surface area (Å²) in [5, 5.41) is 15.7. The summed E-state index contributed by atoms with van der Waals surface area (Å²) in [7, 11) is 0. The van der Waals surface area contributed by atoms with Gasteiger partial charge >= 0.3 is 5.97 Å². The van der Waals surface area contributed by atoms with Gasteiger partial charge in [0.2, 0.25) is 0 Å². The molecule has 2 N–H and O–H groups in total. The molecule has 0 fully saturated rings. The van der Waals surface area contributed by atoms with Gasteiger partial charge in [-0.25, -0.2) is 0 Å². The number of nitrogens with one attached hydrogen (secondary N) is 1. The van der Waals surface area contributed by atoms with Crippen LogP contribution in [0.1, 0.15) is 15.9 Å². The van der Waals surface area contributed by atoms with Crippen LogP contribution in [0.15, 0.2) is 30.6 Å². The molecule has 20 heavy (non-hydrogen) atoms. The van der Waals surface area contributed by atoms with Crippen molar-refractivity contribution < 1.29 is 14.7 Å². The molecule has 2 aromatic rings. The summed E-state index contributed by atoms with van der Waals surface area (Å²) >= 11 is 5.90. The van der Waals surface area contributed by atoms with E-state index in [-0.39, 0.29) is 12.5 Å². The van der Waals surface area contributed by atoms with E-state index in [1.165, 1.54) is 17.1 Å². The van der Waals surface area contributed by atoms with Crippen molar-refractivity contribution in [2.24, 2.45) is 0 Å². The molecule has 0 unspecified atom stereocenters. The number of nitrogens with zero attached hydrogens (tertiary/aromatic N) is 2. The molecule has 6 nitrogen and oxygen atoms in total. The van der Waals surface area contributed by atoms with Gasteiger partial charge in [0.1, 0.15) is 6.54 Å². The first kappa shape index (κ1) is 14.1. The molecule has 0 aliphatic carbocycles. The van der Waals surface area contributed by atoms with E-state index in [9.17, 15) is 9.59 Å². The topological polar surface area (TPSA) is 84.2 Å². The Morgan fingerprint density at radius 3 is 2.85 bits per heavy atom. The highest BCUT2D eigenvalue weighted by Gasteiger charge is 2.09. The third-order valence-electron chi connectivity index (χ3n) is 2.61. The number of aromatic nitrogens is 2. The Bertz CT molecular complexity index is 667. The molecule has 104 valence electrons. The molecule has 1 aromatic heterocycles. The Kier molecular flexibility index (Phi) is 4.05. The number of anilines is 1. The first-order chi connectivity index (χ1) is 9.45. The number of aryl methyl sites for hydroxylation is 1. The number of amides is 1. The second-order valence-electron chi connectivity index (χ2n) is 4.24. The van der Waals surface area contributed by atoms with Crippen LogP contribution in [0.3, 0.4) is 0 Å². The maximum Gasteiger partial charge on any atom is 0.325 e. The van der Waals surface area contributed by atoms with E-state index in [2.05, 4.69) is 10.4 Å². The molecule has 1 aromatic carbocycles. The van der Waals surface area contributed by atoms with Gasteiger partial charge in [-0.2, -0.15) is 5.10 Å². The van der Waals surface area contributed by atoms with Crippen LogP contribution < -0.4 is 5.32 Å². The fraction of sp³-hybridized carbons (Fsp3) is 0.154. The molecule has 0 saturated heterocycles. The number of hydrogen-bond donors (Lipinski definition) is 2. The quantitative estimate of drug-likeness (QED) is 0.905. The SMILES string of the molecule is Cc1cc(C(=O)Nc2cnn(CC(=O)O)c2)ccc1Cl. The molecule has 0 aliphatic rings. The average Bonchev–Trinajstić information content (AvgIpc) is 2.79. The maximum atomic E-state index is 12.0. The molecule has 0 bridgehead atoms. The summed E-state index contributed by atoms with van der Waals surface area (Å²) in [4.78, 5) is 22.5. The first-order valence-corrected chi connectivity index (χ1v) is 6.15. The van der Waals surface area contributed by atoms with Gasteiger partial charge in [0.25, 0.3) is 5.91 Å². The third kappa shape index (κ3) is 3.36. The summed E-state index contributed by atoms with van der Waals surface area (Å²) in [6, 6.07) is 4.95. The number of carbonyl (C=O) groups excluding carboxylic acids is 1. The van der Waals surface area contributed by atoms with Gasteiger partial charge < -0.3 is 10.4 Å². The Morgan fingerprint density at radius 2 is 2.20 bits per heavy atom. The Labute approximate surface area is 120 Å². The number of carboxylic acids is 1. The number of aliphatic carboxylic acids is 1. The average molecular weight is 294 g/mol. The molecule has 1 amide bonds. The summed E-state index contributed by atoms with van der Waals surface area (Å²) in [6.45, 7) is 1.56. The van der Waals surface area contributed by atoms with Crippen molar-refractivity contribution in [3.05, 3.63) is 46.7 Å². The van der Waals surface area contributed by atoms with E-state index in [1.807, 2.05) is 6.92 Å². The number of benzene rings is 1. The van der Waals surface area contributed by atoms with Crippen molar-refractivity contribution in [1.82, 2.24) is 9.78 Å². The molecule has 1 heterocycles. The molecule has 0 saturated carbocycles. The lowest BCUT2D eigenvalue weighted by molar-refractivity contribution is -0.137. The van der Waals surface area contributed by atoms with Gasteiger partial charge in [-0.05, 0) is 30.7 Å². The van der Waals surface area contributed by atoms with Crippen LogP contribution in [0.25, 0.3) is 0 Å². The Hall–Kier alpha value is -2.34. The Morgan fingerprint density at radius 1 is 1.45 bits per heavy atom. The van der Waals surface area contributed by atoms with Crippen LogP contribution in [0.4, 0.5) is 5.69 Å². The van der Waals surface area contributed by atoms with Crippen LogP contribution >= 0.6 is 11.6 Å². The zero-order valence-corrected chi connectivity index (χ0v) is 11.4. The van der Waals surface area contributed by atoms with E-state index < -0.39 is 5.97 Å².